The number of aryl methyl sites for hydroxylation is 1. The van der Waals surface area contributed by atoms with Gasteiger partial charge in [-0.15, -0.1) is 11.3 Å². The molecule has 3 aromatic rings. The highest BCUT2D eigenvalue weighted by molar-refractivity contribution is 7.07. The second-order valence-corrected chi connectivity index (χ2v) is 8.37. The number of aromatic nitrogens is 1. The lowest BCUT2D eigenvalue weighted by Crippen LogP contribution is -2.36. The summed E-state index contributed by atoms with van der Waals surface area (Å²) in [5, 5.41) is 2.86. The fourth-order valence-electron chi connectivity index (χ4n) is 3.15. The topological polar surface area (TPSA) is 86.6 Å². The fraction of sp³-hybridized carbons (Fsp3) is 0.240. The van der Waals surface area contributed by atoms with E-state index in [0.717, 1.165) is 28.0 Å². The Morgan fingerprint density at radius 3 is 2.52 bits per heavy atom. The van der Waals surface area contributed by atoms with Crippen molar-refractivity contribution < 1.29 is 19.1 Å². The summed E-state index contributed by atoms with van der Waals surface area (Å²) < 4.78 is 12.2. The number of esters is 1. The second-order valence-electron chi connectivity index (χ2n) is 7.31. The number of thiazole rings is 1. The number of nitrogens with one attached hydrogen (secondary N) is 1. The minimum atomic E-state index is -0.571. The van der Waals surface area contributed by atoms with Crippen LogP contribution in [0.5, 0.6) is 5.75 Å². The van der Waals surface area contributed by atoms with Gasteiger partial charge in [0.1, 0.15) is 17.0 Å². The predicted molar refractivity (Wildman–Crippen MR) is 130 cm³/mol. The lowest BCUT2D eigenvalue weighted by atomic mass is 10.1. The van der Waals surface area contributed by atoms with E-state index < -0.39 is 5.97 Å². The Balaban J connectivity index is 2.00. The van der Waals surface area contributed by atoms with Crippen molar-refractivity contribution in [2.24, 2.45) is 0 Å². The molecule has 0 spiro atoms. The number of anilines is 1. The molecular formula is C25H26N2O5S. The molecule has 1 aromatic heterocycles. The summed E-state index contributed by atoms with van der Waals surface area (Å²) in [6.07, 6.45) is 2.96. The first kappa shape index (κ1) is 24.0. The van der Waals surface area contributed by atoms with Gasteiger partial charge in [-0.05, 0) is 61.7 Å². The third-order valence-electron chi connectivity index (χ3n) is 5.06. The van der Waals surface area contributed by atoms with Gasteiger partial charge >= 0.3 is 5.97 Å². The monoisotopic (exact) mass is 466 g/mol. The van der Waals surface area contributed by atoms with Gasteiger partial charge in [-0.2, -0.15) is 0 Å². The minimum absolute atomic E-state index is 0.211. The van der Waals surface area contributed by atoms with Crippen molar-refractivity contribution in [2.75, 3.05) is 19.0 Å². The second kappa shape index (κ2) is 10.8. The van der Waals surface area contributed by atoms with Gasteiger partial charge in [-0.25, -0.2) is 4.79 Å². The van der Waals surface area contributed by atoms with Crippen LogP contribution in [-0.2, 0) is 20.9 Å². The van der Waals surface area contributed by atoms with Gasteiger partial charge in [0.05, 0.1) is 24.3 Å². The fourth-order valence-corrected chi connectivity index (χ4v) is 4.18. The van der Waals surface area contributed by atoms with Crippen LogP contribution in [0.3, 0.4) is 0 Å². The zero-order chi connectivity index (χ0) is 24.0. The molecule has 0 aliphatic rings. The van der Waals surface area contributed by atoms with Crippen molar-refractivity contribution in [3.8, 4) is 5.75 Å². The molecule has 172 valence electrons. The van der Waals surface area contributed by atoms with Crippen LogP contribution in [0.1, 0.15) is 23.6 Å². The largest absolute Gasteiger partial charge is 0.497 e. The molecule has 1 N–H and O–H groups in total. The summed E-state index contributed by atoms with van der Waals surface area (Å²) in [5.74, 6) is -0.230. The summed E-state index contributed by atoms with van der Waals surface area (Å²) in [4.78, 5) is 38.0. The van der Waals surface area contributed by atoms with Crippen LogP contribution in [0.15, 0.2) is 47.3 Å². The Kier molecular flexibility index (Phi) is 7.84. The van der Waals surface area contributed by atoms with Crippen molar-refractivity contribution in [1.29, 1.82) is 0 Å². The Hall–Kier alpha value is -3.65. The first-order valence-corrected chi connectivity index (χ1v) is 11.2. The van der Waals surface area contributed by atoms with Crippen LogP contribution in [0.25, 0.3) is 12.2 Å². The number of nitrogens with zero attached hydrogens (tertiary/aromatic N) is 1. The van der Waals surface area contributed by atoms with Crippen molar-refractivity contribution >= 4 is 41.1 Å². The molecule has 0 unspecified atom stereocenters. The summed E-state index contributed by atoms with van der Waals surface area (Å²) in [7, 11) is 1.58. The van der Waals surface area contributed by atoms with E-state index in [1.807, 2.05) is 44.2 Å². The number of ether oxygens (including phenoxy) is 2. The lowest BCUT2D eigenvalue weighted by molar-refractivity contribution is -0.135. The number of carbonyl (C=O) groups is 2. The SMILES string of the molecule is CCOC(=O)/C=c1\s/c(=C\c2ccc(OC)cc2)c(=O)n1CC(=O)Nc1cccc(C)c1C. The quantitative estimate of drug-likeness (QED) is 0.540. The Morgan fingerprint density at radius 1 is 1.12 bits per heavy atom. The van der Waals surface area contributed by atoms with E-state index in [1.54, 1.807) is 32.2 Å². The van der Waals surface area contributed by atoms with Crippen molar-refractivity contribution in [3.05, 3.63) is 78.7 Å². The average molecular weight is 467 g/mol. The van der Waals surface area contributed by atoms with E-state index in [4.69, 9.17) is 9.47 Å². The van der Waals surface area contributed by atoms with Crippen LogP contribution in [0.4, 0.5) is 5.69 Å². The highest BCUT2D eigenvalue weighted by Crippen LogP contribution is 2.17. The molecule has 0 saturated heterocycles. The summed E-state index contributed by atoms with van der Waals surface area (Å²) in [5.41, 5.74) is 3.12. The molecular weight excluding hydrogens is 440 g/mol. The van der Waals surface area contributed by atoms with Gasteiger partial charge < -0.3 is 14.8 Å². The molecule has 8 heteroatoms. The van der Waals surface area contributed by atoms with Crippen molar-refractivity contribution in [3.63, 3.8) is 0 Å². The van der Waals surface area contributed by atoms with E-state index in [2.05, 4.69) is 5.32 Å². The summed E-state index contributed by atoms with van der Waals surface area (Å²) >= 11 is 1.13. The number of amides is 1. The number of rotatable bonds is 7. The summed E-state index contributed by atoms with van der Waals surface area (Å²) in [6, 6.07) is 12.9. The number of hydrogen-bond acceptors (Lipinski definition) is 6. The summed E-state index contributed by atoms with van der Waals surface area (Å²) in [6.45, 7) is 5.56. The van der Waals surface area contributed by atoms with Crippen LogP contribution in [0.2, 0.25) is 0 Å². The molecule has 0 radical (unpaired) electrons. The zero-order valence-corrected chi connectivity index (χ0v) is 19.8. The maximum absolute atomic E-state index is 13.1. The smallest absolute Gasteiger partial charge is 0.333 e. The predicted octanol–water partition coefficient (Wildman–Crippen LogP) is 2.35. The highest BCUT2D eigenvalue weighted by Gasteiger charge is 2.12. The first-order valence-electron chi connectivity index (χ1n) is 10.4. The molecule has 0 saturated carbocycles. The van der Waals surface area contributed by atoms with Gasteiger partial charge in [-0.1, -0.05) is 24.3 Å². The zero-order valence-electron chi connectivity index (χ0n) is 19.0. The van der Waals surface area contributed by atoms with Crippen LogP contribution < -0.4 is 24.8 Å². The third kappa shape index (κ3) is 5.98. The van der Waals surface area contributed by atoms with Crippen LogP contribution in [-0.4, -0.2) is 30.2 Å². The number of methoxy groups -OCH3 is 1. The van der Waals surface area contributed by atoms with E-state index >= 15 is 0 Å². The Morgan fingerprint density at radius 2 is 1.85 bits per heavy atom. The number of benzene rings is 2. The van der Waals surface area contributed by atoms with Crippen LogP contribution >= 0.6 is 11.3 Å². The lowest BCUT2D eigenvalue weighted by Gasteiger charge is -2.10. The minimum Gasteiger partial charge on any atom is -0.497 e. The maximum Gasteiger partial charge on any atom is 0.333 e. The van der Waals surface area contributed by atoms with Crippen LogP contribution in [0, 0.1) is 13.8 Å². The number of hydrogen-bond donors (Lipinski definition) is 1. The Labute approximate surface area is 195 Å². The molecule has 3 rings (SSSR count). The molecule has 0 atom stereocenters. The van der Waals surface area contributed by atoms with E-state index in [-0.39, 0.29) is 24.6 Å². The molecule has 1 amide bonds. The van der Waals surface area contributed by atoms with Gasteiger partial charge in [0.25, 0.3) is 5.56 Å². The van der Waals surface area contributed by atoms with Gasteiger partial charge in [0.15, 0.2) is 0 Å². The van der Waals surface area contributed by atoms with Gasteiger partial charge in [0.2, 0.25) is 5.91 Å². The Bertz CT molecular complexity index is 1340. The molecule has 0 bridgehead atoms. The maximum atomic E-state index is 13.1. The molecule has 0 aliphatic heterocycles. The van der Waals surface area contributed by atoms with E-state index in [9.17, 15) is 14.4 Å². The molecule has 33 heavy (non-hydrogen) atoms. The molecule has 0 fully saturated rings. The normalized spacial score (nSPS) is 12.0. The van der Waals surface area contributed by atoms with Crippen molar-refractivity contribution in [2.45, 2.75) is 27.3 Å². The number of carbonyl (C=O) groups excluding carboxylic acids is 2. The van der Waals surface area contributed by atoms with E-state index in [1.165, 1.54) is 10.6 Å². The van der Waals surface area contributed by atoms with Gasteiger partial charge in [-0.3, -0.25) is 14.2 Å². The molecule has 1 heterocycles. The average Bonchev–Trinajstić information content (AvgIpc) is 3.06. The highest BCUT2D eigenvalue weighted by atomic mass is 32.1. The van der Waals surface area contributed by atoms with E-state index in [0.29, 0.717) is 20.6 Å². The van der Waals surface area contributed by atoms with Gasteiger partial charge in [0, 0.05) is 5.69 Å². The first-order chi connectivity index (χ1) is 15.8. The standard InChI is InChI=1S/C25H26N2O5S/c1-5-32-24(29)14-23-27(15-22(28)26-20-8-6-7-16(2)17(20)3)25(30)21(33-23)13-18-9-11-19(31-4)12-10-18/h6-14H,5,15H2,1-4H3,(H,26,28)/b21-13-,23-14-. The molecule has 0 aliphatic carbocycles. The third-order valence-corrected chi connectivity index (χ3v) is 6.12. The molecule has 2 aromatic carbocycles. The van der Waals surface area contributed by atoms with Crippen molar-refractivity contribution in [1.82, 2.24) is 4.57 Å². The molecule has 7 nitrogen and oxygen atoms in total.